The third-order valence-electron chi connectivity index (χ3n) is 2.84. The average Bonchev–Trinajstić information content (AvgIpc) is 2.25. The number of hydrogen-bond donors (Lipinski definition) is 1. The van der Waals surface area contributed by atoms with Gasteiger partial charge in [0, 0.05) is 5.69 Å². The summed E-state index contributed by atoms with van der Waals surface area (Å²) in [6.07, 6.45) is 5.38. The molecule has 2 atom stereocenters. The van der Waals surface area contributed by atoms with Gasteiger partial charge in [0.2, 0.25) is 0 Å². The van der Waals surface area contributed by atoms with Crippen LogP contribution in [-0.4, -0.2) is 22.3 Å². The van der Waals surface area contributed by atoms with E-state index in [1.807, 2.05) is 19.1 Å². The van der Waals surface area contributed by atoms with Crippen LogP contribution in [0.1, 0.15) is 31.4 Å². The molecular formula is C12H17NO2. The molecule has 82 valence electrons. The van der Waals surface area contributed by atoms with E-state index in [2.05, 4.69) is 4.98 Å². The fraction of sp³-hybridized carbons (Fsp3) is 0.583. The molecule has 1 aromatic rings. The number of nitrogens with zero attached hydrogens (tertiary/aromatic N) is 1. The van der Waals surface area contributed by atoms with Crippen molar-refractivity contribution >= 4 is 0 Å². The first kappa shape index (κ1) is 10.4. The smallest absolute Gasteiger partial charge is 0.138 e. The van der Waals surface area contributed by atoms with Gasteiger partial charge in [-0.1, -0.05) is 6.42 Å². The number of aryl methyl sites for hydroxylation is 1. The van der Waals surface area contributed by atoms with Gasteiger partial charge in [-0.3, -0.25) is 4.98 Å². The summed E-state index contributed by atoms with van der Waals surface area (Å²) in [7, 11) is 0. The zero-order valence-corrected chi connectivity index (χ0v) is 9.02. The number of rotatable bonds is 2. The number of aromatic nitrogens is 1. The average molecular weight is 207 g/mol. The van der Waals surface area contributed by atoms with E-state index in [9.17, 15) is 5.11 Å². The lowest BCUT2D eigenvalue weighted by molar-refractivity contribution is 0.00669. The highest BCUT2D eigenvalue weighted by Gasteiger charge is 2.24. The Morgan fingerprint density at radius 2 is 2.13 bits per heavy atom. The molecular weight excluding hydrogens is 190 g/mol. The largest absolute Gasteiger partial charge is 0.486 e. The number of hydrogen-bond acceptors (Lipinski definition) is 3. The molecule has 0 amide bonds. The predicted molar refractivity (Wildman–Crippen MR) is 57.9 cm³/mol. The van der Waals surface area contributed by atoms with Crippen LogP contribution in [0, 0.1) is 6.92 Å². The van der Waals surface area contributed by atoms with Gasteiger partial charge >= 0.3 is 0 Å². The van der Waals surface area contributed by atoms with Crippen molar-refractivity contribution in [1.82, 2.24) is 4.98 Å². The van der Waals surface area contributed by atoms with Crippen LogP contribution in [0.3, 0.4) is 0 Å². The van der Waals surface area contributed by atoms with Crippen molar-refractivity contribution in [2.24, 2.45) is 0 Å². The second-order valence-corrected chi connectivity index (χ2v) is 4.14. The molecule has 15 heavy (non-hydrogen) atoms. The quantitative estimate of drug-likeness (QED) is 0.807. The summed E-state index contributed by atoms with van der Waals surface area (Å²) in [4.78, 5) is 4.16. The second kappa shape index (κ2) is 4.62. The van der Waals surface area contributed by atoms with Gasteiger partial charge in [0.15, 0.2) is 0 Å². The van der Waals surface area contributed by atoms with E-state index >= 15 is 0 Å². The van der Waals surface area contributed by atoms with E-state index in [1.165, 1.54) is 0 Å². The van der Waals surface area contributed by atoms with Crippen LogP contribution in [0.15, 0.2) is 18.3 Å². The lowest BCUT2D eigenvalue weighted by Gasteiger charge is -2.28. The van der Waals surface area contributed by atoms with Crippen molar-refractivity contribution in [3.63, 3.8) is 0 Å². The van der Waals surface area contributed by atoms with Gasteiger partial charge in [-0.25, -0.2) is 0 Å². The molecule has 1 aliphatic carbocycles. The highest BCUT2D eigenvalue weighted by molar-refractivity contribution is 5.19. The normalized spacial score (nSPS) is 26.3. The molecule has 0 bridgehead atoms. The Morgan fingerprint density at radius 3 is 2.80 bits per heavy atom. The van der Waals surface area contributed by atoms with Crippen molar-refractivity contribution < 1.29 is 9.84 Å². The first-order valence-electron chi connectivity index (χ1n) is 5.53. The third-order valence-corrected chi connectivity index (χ3v) is 2.84. The van der Waals surface area contributed by atoms with Gasteiger partial charge in [-0.15, -0.1) is 0 Å². The lowest BCUT2D eigenvalue weighted by atomic mass is 9.95. The molecule has 3 heteroatoms. The zero-order chi connectivity index (χ0) is 10.7. The SMILES string of the molecule is Cc1ccc(O[C@H]2CCCC[C@@H]2O)cn1. The first-order valence-corrected chi connectivity index (χ1v) is 5.53. The maximum absolute atomic E-state index is 9.74. The Hall–Kier alpha value is -1.09. The van der Waals surface area contributed by atoms with Crippen molar-refractivity contribution in [2.45, 2.75) is 44.8 Å². The molecule has 1 aromatic heterocycles. The van der Waals surface area contributed by atoms with Crippen LogP contribution in [0.25, 0.3) is 0 Å². The Labute approximate surface area is 90.1 Å². The van der Waals surface area contributed by atoms with E-state index in [4.69, 9.17) is 4.74 Å². The minimum absolute atomic E-state index is 0.0525. The predicted octanol–water partition coefficient (Wildman–Crippen LogP) is 2.07. The number of aliphatic hydroxyl groups excluding tert-OH is 1. The van der Waals surface area contributed by atoms with E-state index in [1.54, 1.807) is 6.20 Å². The fourth-order valence-electron chi connectivity index (χ4n) is 1.91. The van der Waals surface area contributed by atoms with Gasteiger partial charge in [0.05, 0.1) is 12.3 Å². The number of aliphatic hydroxyl groups is 1. The third kappa shape index (κ3) is 2.69. The molecule has 3 nitrogen and oxygen atoms in total. The van der Waals surface area contributed by atoms with E-state index in [0.29, 0.717) is 0 Å². The van der Waals surface area contributed by atoms with Crippen LogP contribution in [0.4, 0.5) is 0 Å². The summed E-state index contributed by atoms with van der Waals surface area (Å²) >= 11 is 0. The summed E-state index contributed by atoms with van der Waals surface area (Å²) in [5, 5.41) is 9.74. The maximum Gasteiger partial charge on any atom is 0.138 e. The molecule has 0 spiro atoms. The van der Waals surface area contributed by atoms with Gasteiger partial charge in [-0.05, 0) is 38.3 Å². The molecule has 1 N–H and O–H groups in total. The molecule has 0 aliphatic heterocycles. The fourth-order valence-corrected chi connectivity index (χ4v) is 1.91. The molecule has 1 saturated carbocycles. The van der Waals surface area contributed by atoms with Gasteiger partial charge < -0.3 is 9.84 Å². The van der Waals surface area contributed by atoms with E-state index in [-0.39, 0.29) is 12.2 Å². The maximum atomic E-state index is 9.74. The number of pyridine rings is 1. The van der Waals surface area contributed by atoms with Crippen molar-refractivity contribution in [2.75, 3.05) is 0 Å². The van der Waals surface area contributed by atoms with Crippen LogP contribution < -0.4 is 4.74 Å². The molecule has 0 unspecified atom stereocenters. The van der Waals surface area contributed by atoms with Crippen LogP contribution in [0.2, 0.25) is 0 Å². The topological polar surface area (TPSA) is 42.4 Å². The minimum Gasteiger partial charge on any atom is -0.486 e. The monoisotopic (exact) mass is 207 g/mol. The summed E-state index contributed by atoms with van der Waals surface area (Å²) in [5.74, 6) is 0.756. The highest BCUT2D eigenvalue weighted by atomic mass is 16.5. The van der Waals surface area contributed by atoms with Gasteiger partial charge in [0.25, 0.3) is 0 Å². The Morgan fingerprint density at radius 1 is 1.33 bits per heavy atom. The summed E-state index contributed by atoms with van der Waals surface area (Å²) in [5.41, 5.74) is 0.978. The zero-order valence-electron chi connectivity index (χ0n) is 9.02. The summed E-state index contributed by atoms with van der Waals surface area (Å²) < 4.78 is 5.71. The minimum atomic E-state index is -0.319. The van der Waals surface area contributed by atoms with Crippen molar-refractivity contribution in [3.8, 4) is 5.75 Å². The highest BCUT2D eigenvalue weighted by Crippen LogP contribution is 2.23. The van der Waals surface area contributed by atoms with Gasteiger partial charge in [0.1, 0.15) is 11.9 Å². The molecule has 0 radical (unpaired) electrons. The molecule has 0 aromatic carbocycles. The Balaban J connectivity index is 1.98. The number of ether oxygens (including phenoxy) is 1. The van der Waals surface area contributed by atoms with E-state index < -0.39 is 0 Å². The standard InChI is InChI=1S/C12H17NO2/c1-9-6-7-10(8-13-9)15-12-5-3-2-4-11(12)14/h6-8,11-12,14H,2-5H2,1H3/t11-,12-/m0/s1. The Kier molecular flexibility index (Phi) is 3.21. The molecule has 1 fully saturated rings. The summed E-state index contributed by atoms with van der Waals surface area (Å²) in [6, 6.07) is 3.83. The van der Waals surface area contributed by atoms with Crippen molar-refractivity contribution in [3.05, 3.63) is 24.0 Å². The summed E-state index contributed by atoms with van der Waals surface area (Å²) in [6.45, 7) is 1.94. The lowest BCUT2D eigenvalue weighted by Crippen LogP contribution is -2.34. The molecule has 1 heterocycles. The first-order chi connectivity index (χ1) is 7.25. The van der Waals surface area contributed by atoms with Crippen LogP contribution in [0.5, 0.6) is 5.75 Å². The molecule has 1 aliphatic rings. The molecule has 0 saturated heterocycles. The van der Waals surface area contributed by atoms with E-state index in [0.717, 1.165) is 37.1 Å². The van der Waals surface area contributed by atoms with Crippen molar-refractivity contribution in [1.29, 1.82) is 0 Å². The Bertz CT molecular complexity index is 310. The second-order valence-electron chi connectivity index (χ2n) is 4.14. The van der Waals surface area contributed by atoms with Gasteiger partial charge in [-0.2, -0.15) is 0 Å². The van der Waals surface area contributed by atoms with Crippen LogP contribution in [-0.2, 0) is 0 Å². The van der Waals surface area contributed by atoms with Crippen LogP contribution >= 0.6 is 0 Å². The molecule has 2 rings (SSSR count).